The van der Waals surface area contributed by atoms with E-state index in [0.29, 0.717) is 6.42 Å². The van der Waals surface area contributed by atoms with Crippen LogP contribution in [0.3, 0.4) is 0 Å². The number of rotatable bonds is 11. The minimum Gasteiger partial charge on any atom is -0.481 e. The van der Waals surface area contributed by atoms with Crippen LogP contribution in [0.4, 0.5) is 0 Å². The van der Waals surface area contributed by atoms with E-state index in [1.165, 1.54) is 12.8 Å². The molecule has 0 heterocycles. The lowest BCUT2D eigenvalue weighted by atomic mass is 10.1. The molecule has 0 saturated carbocycles. The molecule has 0 aliphatic heterocycles. The van der Waals surface area contributed by atoms with Crippen molar-refractivity contribution in [3.63, 3.8) is 0 Å². The summed E-state index contributed by atoms with van der Waals surface area (Å²) in [6.07, 6.45) is 17.9. The maximum Gasteiger partial charge on any atom is 0.303 e. The van der Waals surface area contributed by atoms with Gasteiger partial charge in [-0.1, -0.05) is 44.1 Å². The average Bonchev–Trinajstić information content (AvgIpc) is 2.30. The van der Waals surface area contributed by atoms with E-state index in [0.717, 1.165) is 38.5 Å². The number of aliphatic carboxylic acids is 1. The van der Waals surface area contributed by atoms with Crippen molar-refractivity contribution in [1.29, 1.82) is 0 Å². The molecule has 0 bridgehead atoms. The smallest absolute Gasteiger partial charge is 0.303 e. The van der Waals surface area contributed by atoms with E-state index in [1.54, 1.807) is 0 Å². The van der Waals surface area contributed by atoms with Crippen molar-refractivity contribution in [2.75, 3.05) is 0 Å². The third-order valence-electron chi connectivity index (χ3n) is 2.55. The topological polar surface area (TPSA) is 37.3 Å². The number of carbonyl (C=O) groups is 1. The molecule has 17 heavy (non-hydrogen) atoms. The van der Waals surface area contributed by atoms with Crippen LogP contribution in [-0.4, -0.2) is 11.1 Å². The Hall–Kier alpha value is -1.05. The lowest BCUT2D eigenvalue weighted by Gasteiger charge is -1.95. The second kappa shape index (κ2) is 13.0. The highest BCUT2D eigenvalue weighted by molar-refractivity contribution is 5.66. The Kier molecular flexibility index (Phi) is 12.2. The van der Waals surface area contributed by atoms with E-state index in [9.17, 15) is 4.79 Å². The number of carboxylic acids is 1. The van der Waals surface area contributed by atoms with Crippen LogP contribution >= 0.6 is 0 Å². The van der Waals surface area contributed by atoms with E-state index in [4.69, 9.17) is 5.11 Å². The monoisotopic (exact) mass is 238 g/mol. The second-order valence-corrected chi connectivity index (χ2v) is 4.30. The predicted octanol–water partition coefficient (Wildman–Crippen LogP) is 4.71. The van der Waals surface area contributed by atoms with Crippen LogP contribution in [0.2, 0.25) is 0 Å². The molecule has 0 aromatic rings. The van der Waals surface area contributed by atoms with E-state index in [2.05, 4.69) is 31.2 Å². The molecule has 0 spiro atoms. The van der Waals surface area contributed by atoms with Gasteiger partial charge in [0.2, 0.25) is 0 Å². The zero-order chi connectivity index (χ0) is 12.8. The lowest BCUT2D eigenvalue weighted by molar-refractivity contribution is -0.137. The minimum absolute atomic E-state index is 0.311. The fourth-order valence-corrected chi connectivity index (χ4v) is 1.55. The van der Waals surface area contributed by atoms with Crippen LogP contribution in [0.5, 0.6) is 0 Å². The first-order valence-corrected chi connectivity index (χ1v) is 6.79. The zero-order valence-electron chi connectivity index (χ0n) is 11.0. The van der Waals surface area contributed by atoms with Gasteiger partial charge in [0.15, 0.2) is 0 Å². The van der Waals surface area contributed by atoms with E-state index in [1.807, 2.05) is 0 Å². The Labute approximate surface area is 105 Å². The van der Waals surface area contributed by atoms with Gasteiger partial charge in [-0.2, -0.15) is 0 Å². The Morgan fingerprint density at radius 3 is 2.06 bits per heavy atom. The Balaban J connectivity index is 3.17. The van der Waals surface area contributed by atoms with Crippen molar-refractivity contribution in [3.8, 4) is 0 Å². The molecule has 0 atom stereocenters. The van der Waals surface area contributed by atoms with Crippen LogP contribution in [0.1, 0.15) is 64.7 Å². The second-order valence-electron chi connectivity index (χ2n) is 4.30. The first kappa shape index (κ1) is 16.0. The maximum atomic E-state index is 10.3. The molecule has 2 nitrogen and oxygen atoms in total. The highest BCUT2D eigenvalue weighted by atomic mass is 16.4. The number of unbranched alkanes of at least 4 members (excludes halogenated alkanes) is 5. The molecule has 2 heteroatoms. The summed E-state index contributed by atoms with van der Waals surface area (Å²) in [5, 5.41) is 8.45. The molecular weight excluding hydrogens is 212 g/mol. The largest absolute Gasteiger partial charge is 0.481 e. The van der Waals surface area contributed by atoms with Crippen molar-refractivity contribution < 1.29 is 9.90 Å². The van der Waals surface area contributed by atoms with Crippen molar-refractivity contribution in [3.05, 3.63) is 24.3 Å². The molecule has 0 aliphatic rings. The summed E-state index contributed by atoms with van der Waals surface area (Å²) in [5.74, 6) is -0.681. The van der Waals surface area contributed by atoms with Gasteiger partial charge in [0.05, 0.1) is 0 Å². The lowest BCUT2D eigenvalue weighted by Crippen LogP contribution is -1.93. The van der Waals surface area contributed by atoms with E-state index >= 15 is 0 Å². The summed E-state index contributed by atoms with van der Waals surface area (Å²) in [4.78, 5) is 10.3. The first-order valence-electron chi connectivity index (χ1n) is 6.79. The molecule has 0 rings (SSSR count). The van der Waals surface area contributed by atoms with Gasteiger partial charge < -0.3 is 5.11 Å². The SMILES string of the molecule is CCCC=CCCC=CCCCCCC(=O)O. The van der Waals surface area contributed by atoms with E-state index in [-0.39, 0.29) is 0 Å². The molecule has 0 unspecified atom stereocenters. The van der Waals surface area contributed by atoms with Gasteiger partial charge in [0.1, 0.15) is 0 Å². The fourth-order valence-electron chi connectivity index (χ4n) is 1.55. The van der Waals surface area contributed by atoms with Crippen molar-refractivity contribution >= 4 is 5.97 Å². The van der Waals surface area contributed by atoms with Crippen molar-refractivity contribution in [2.45, 2.75) is 64.7 Å². The van der Waals surface area contributed by atoms with Gasteiger partial charge in [-0.25, -0.2) is 0 Å². The van der Waals surface area contributed by atoms with Gasteiger partial charge in [-0.3, -0.25) is 4.79 Å². The number of allylic oxidation sites excluding steroid dienone is 4. The summed E-state index contributed by atoms with van der Waals surface area (Å²) in [6.45, 7) is 2.19. The van der Waals surface area contributed by atoms with Crippen LogP contribution in [-0.2, 0) is 4.79 Å². The molecule has 0 radical (unpaired) electrons. The van der Waals surface area contributed by atoms with Gasteiger partial charge in [0.25, 0.3) is 0 Å². The highest BCUT2D eigenvalue weighted by Crippen LogP contribution is 2.04. The summed E-state index contributed by atoms with van der Waals surface area (Å²) >= 11 is 0. The Morgan fingerprint density at radius 1 is 0.882 bits per heavy atom. The normalized spacial score (nSPS) is 11.6. The van der Waals surface area contributed by atoms with Gasteiger partial charge in [-0.15, -0.1) is 0 Å². The van der Waals surface area contributed by atoms with Crippen LogP contribution in [0.25, 0.3) is 0 Å². The number of carboxylic acid groups (broad SMARTS) is 1. The Morgan fingerprint density at radius 2 is 1.47 bits per heavy atom. The minimum atomic E-state index is -0.681. The standard InChI is InChI=1S/C15H26O2/c1-2-3-4-5-6-7-8-9-10-11-12-13-14-15(16)17/h4-5,8-9H,2-3,6-7,10-14H2,1H3,(H,16,17). The predicted molar refractivity (Wildman–Crippen MR) is 73.1 cm³/mol. The highest BCUT2D eigenvalue weighted by Gasteiger charge is 1.94. The molecular formula is C15H26O2. The summed E-state index contributed by atoms with van der Waals surface area (Å²) in [7, 11) is 0. The van der Waals surface area contributed by atoms with Crippen molar-refractivity contribution in [2.24, 2.45) is 0 Å². The molecule has 98 valence electrons. The van der Waals surface area contributed by atoms with E-state index < -0.39 is 5.97 Å². The third kappa shape index (κ3) is 14.9. The molecule has 0 aromatic carbocycles. The molecule has 0 saturated heterocycles. The summed E-state index contributed by atoms with van der Waals surface area (Å²) in [5.41, 5.74) is 0. The number of hydrogen-bond acceptors (Lipinski definition) is 1. The first-order chi connectivity index (χ1) is 8.27. The molecule has 1 N–H and O–H groups in total. The summed E-state index contributed by atoms with van der Waals surface area (Å²) in [6, 6.07) is 0. The van der Waals surface area contributed by atoms with Crippen LogP contribution < -0.4 is 0 Å². The average molecular weight is 238 g/mol. The molecule has 0 fully saturated rings. The Bertz CT molecular complexity index is 229. The van der Waals surface area contributed by atoms with Gasteiger partial charge >= 0.3 is 5.97 Å². The quantitative estimate of drug-likeness (QED) is 0.418. The van der Waals surface area contributed by atoms with Crippen LogP contribution in [0, 0.1) is 0 Å². The van der Waals surface area contributed by atoms with Gasteiger partial charge in [0, 0.05) is 6.42 Å². The maximum absolute atomic E-state index is 10.3. The van der Waals surface area contributed by atoms with Crippen LogP contribution in [0.15, 0.2) is 24.3 Å². The van der Waals surface area contributed by atoms with Crippen molar-refractivity contribution in [1.82, 2.24) is 0 Å². The molecule has 0 aliphatic carbocycles. The molecule has 0 aromatic heterocycles. The zero-order valence-corrected chi connectivity index (χ0v) is 11.0. The third-order valence-corrected chi connectivity index (χ3v) is 2.55. The summed E-state index contributed by atoms with van der Waals surface area (Å²) < 4.78 is 0. The fraction of sp³-hybridized carbons (Fsp3) is 0.667. The number of hydrogen-bond donors (Lipinski definition) is 1. The van der Waals surface area contributed by atoms with Gasteiger partial charge in [-0.05, 0) is 38.5 Å². The molecule has 0 amide bonds.